The minimum Gasteiger partial charge on any atom is -0.355 e. The molecule has 0 saturated heterocycles. The van der Waals surface area contributed by atoms with Crippen LogP contribution in [0, 0.1) is 5.82 Å². The second kappa shape index (κ2) is 12.2. The quantitative estimate of drug-likeness (QED) is 0.511. The van der Waals surface area contributed by atoms with E-state index in [-0.39, 0.29) is 29.9 Å². The molecule has 0 aliphatic rings. The lowest BCUT2D eigenvalue weighted by Crippen LogP contribution is -2.49. The zero-order chi connectivity index (χ0) is 22.1. The van der Waals surface area contributed by atoms with Crippen molar-refractivity contribution in [1.29, 1.82) is 0 Å². The van der Waals surface area contributed by atoms with Gasteiger partial charge in [-0.1, -0.05) is 48.3 Å². The van der Waals surface area contributed by atoms with Gasteiger partial charge in [-0.3, -0.25) is 9.59 Å². The second-order valence-electron chi connectivity index (χ2n) is 6.66. The number of rotatable bonds is 10. The molecule has 30 heavy (non-hydrogen) atoms. The van der Waals surface area contributed by atoms with Crippen LogP contribution in [0.25, 0.3) is 0 Å². The highest BCUT2D eigenvalue weighted by atomic mass is 35.5. The summed E-state index contributed by atoms with van der Waals surface area (Å²) in [6.07, 6.45) is 0.472. The maximum Gasteiger partial charge on any atom is 0.242 e. The van der Waals surface area contributed by atoms with Crippen LogP contribution in [0.4, 0.5) is 4.39 Å². The molecule has 0 bridgehead atoms. The molecule has 4 nitrogen and oxygen atoms in total. The van der Waals surface area contributed by atoms with Crippen molar-refractivity contribution < 1.29 is 14.0 Å². The van der Waals surface area contributed by atoms with Gasteiger partial charge in [0.25, 0.3) is 0 Å². The molecular weight excluding hydrogens is 446 g/mol. The number of hydrogen-bond acceptors (Lipinski definition) is 3. The van der Waals surface area contributed by atoms with Gasteiger partial charge in [0.1, 0.15) is 11.9 Å². The van der Waals surface area contributed by atoms with Crippen LogP contribution in [0.2, 0.25) is 10.0 Å². The third-order valence-electron chi connectivity index (χ3n) is 4.54. The highest BCUT2D eigenvalue weighted by Crippen LogP contribution is 2.28. The summed E-state index contributed by atoms with van der Waals surface area (Å²) < 4.78 is 13.3. The Bertz CT molecular complexity index is 844. The molecule has 8 heteroatoms. The third-order valence-corrected chi connectivity index (χ3v) is 6.19. The molecule has 0 aliphatic heterocycles. The molecule has 0 spiro atoms. The first kappa shape index (κ1) is 24.5. The molecule has 0 saturated carbocycles. The average molecular weight is 471 g/mol. The van der Waals surface area contributed by atoms with Crippen LogP contribution in [-0.4, -0.2) is 35.1 Å². The van der Waals surface area contributed by atoms with Crippen molar-refractivity contribution in [3.05, 3.63) is 69.5 Å². The zero-order valence-electron chi connectivity index (χ0n) is 17.0. The Labute approximate surface area is 191 Å². The van der Waals surface area contributed by atoms with Crippen molar-refractivity contribution in [1.82, 2.24) is 10.2 Å². The minimum absolute atomic E-state index is 0.165. The van der Waals surface area contributed by atoms with Crippen LogP contribution in [0.1, 0.15) is 31.4 Å². The van der Waals surface area contributed by atoms with E-state index in [9.17, 15) is 14.0 Å². The second-order valence-corrected chi connectivity index (χ2v) is 8.46. The van der Waals surface area contributed by atoms with Crippen LogP contribution in [0.5, 0.6) is 0 Å². The lowest BCUT2D eigenvalue weighted by Gasteiger charge is -2.30. The number of nitrogens with one attached hydrogen (secondary N) is 1. The number of hydrogen-bond donors (Lipinski definition) is 1. The Morgan fingerprint density at radius 3 is 2.30 bits per heavy atom. The van der Waals surface area contributed by atoms with Gasteiger partial charge in [-0.25, -0.2) is 4.39 Å². The molecule has 1 N–H and O–H groups in total. The summed E-state index contributed by atoms with van der Waals surface area (Å²) in [5, 5.41) is 3.90. The van der Waals surface area contributed by atoms with Gasteiger partial charge in [0.05, 0.1) is 5.75 Å². The lowest BCUT2D eigenvalue weighted by atomic mass is 10.1. The summed E-state index contributed by atoms with van der Waals surface area (Å²) in [6.45, 7) is 4.40. The van der Waals surface area contributed by atoms with E-state index < -0.39 is 6.04 Å². The van der Waals surface area contributed by atoms with E-state index in [1.54, 1.807) is 35.2 Å². The van der Waals surface area contributed by atoms with E-state index in [4.69, 9.17) is 23.2 Å². The summed E-state index contributed by atoms with van der Waals surface area (Å²) in [7, 11) is 0. The Morgan fingerprint density at radius 1 is 1.10 bits per heavy atom. The lowest BCUT2D eigenvalue weighted by molar-refractivity contribution is -0.139. The van der Waals surface area contributed by atoms with Gasteiger partial charge in [0.15, 0.2) is 0 Å². The Kier molecular flexibility index (Phi) is 9.95. The molecule has 2 amide bonds. The topological polar surface area (TPSA) is 49.4 Å². The Balaban J connectivity index is 2.14. The van der Waals surface area contributed by atoms with E-state index in [1.165, 1.54) is 23.9 Å². The fourth-order valence-corrected chi connectivity index (χ4v) is 4.64. The van der Waals surface area contributed by atoms with Gasteiger partial charge >= 0.3 is 0 Å². The predicted octanol–water partition coefficient (Wildman–Crippen LogP) is 5.31. The number of thioether (sulfide) groups is 1. The molecule has 0 aromatic heterocycles. The van der Waals surface area contributed by atoms with Gasteiger partial charge in [-0.2, -0.15) is 0 Å². The van der Waals surface area contributed by atoms with Gasteiger partial charge in [0.2, 0.25) is 11.8 Å². The van der Waals surface area contributed by atoms with E-state index in [2.05, 4.69) is 5.32 Å². The van der Waals surface area contributed by atoms with E-state index in [0.29, 0.717) is 28.8 Å². The monoisotopic (exact) mass is 470 g/mol. The summed E-state index contributed by atoms with van der Waals surface area (Å²) in [5.41, 5.74) is 1.53. The third kappa shape index (κ3) is 6.89. The standard InChI is InChI=1S/C22H25Cl2FN2O2S/c1-3-20(22(29)26-4-2)27(12-15-8-10-16(25)11-9-15)21(28)14-30-13-17-18(23)6-5-7-19(17)24/h5-11,20H,3-4,12-14H2,1-2H3,(H,26,29)/t20-/m1/s1. The molecule has 0 heterocycles. The number of likely N-dealkylation sites (N-methyl/N-ethyl adjacent to an activating group) is 1. The van der Waals surface area contributed by atoms with E-state index in [0.717, 1.165) is 11.1 Å². The average Bonchev–Trinajstić information content (AvgIpc) is 2.71. The molecule has 0 aliphatic carbocycles. The number of carbonyl (C=O) groups excluding carboxylic acids is 2. The molecule has 0 radical (unpaired) electrons. The van der Waals surface area contributed by atoms with Crippen molar-refractivity contribution in [2.75, 3.05) is 12.3 Å². The number of carbonyl (C=O) groups is 2. The highest BCUT2D eigenvalue weighted by molar-refractivity contribution is 7.99. The highest BCUT2D eigenvalue weighted by Gasteiger charge is 2.28. The minimum atomic E-state index is -0.605. The summed E-state index contributed by atoms with van der Waals surface area (Å²) in [6, 6.07) is 10.6. The molecule has 2 aromatic carbocycles. The van der Waals surface area contributed by atoms with Crippen molar-refractivity contribution >= 4 is 46.8 Å². The van der Waals surface area contributed by atoms with Gasteiger partial charge < -0.3 is 10.2 Å². The fourth-order valence-electron chi connectivity index (χ4n) is 2.99. The number of halogens is 3. The van der Waals surface area contributed by atoms with Crippen LogP contribution in [0.15, 0.2) is 42.5 Å². The molecule has 0 unspecified atom stereocenters. The molecule has 162 valence electrons. The summed E-state index contributed by atoms with van der Waals surface area (Å²) in [4.78, 5) is 27.2. The van der Waals surface area contributed by atoms with Crippen molar-refractivity contribution in [3.8, 4) is 0 Å². The van der Waals surface area contributed by atoms with Gasteiger partial charge in [-0.05, 0) is 48.7 Å². The molecule has 1 atom stereocenters. The van der Waals surface area contributed by atoms with Crippen LogP contribution >= 0.6 is 35.0 Å². The Hall–Kier alpha value is -1.76. The normalized spacial score (nSPS) is 11.8. The summed E-state index contributed by atoms with van der Waals surface area (Å²) in [5.74, 6) is -0.0783. The Morgan fingerprint density at radius 2 is 1.73 bits per heavy atom. The maximum atomic E-state index is 13.3. The van der Waals surface area contributed by atoms with Crippen molar-refractivity contribution in [2.45, 2.75) is 38.6 Å². The first-order valence-corrected chi connectivity index (χ1v) is 11.6. The molecular formula is C22H25Cl2FN2O2S. The van der Waals surface area contributed by atoms with Crippen LogP contribution in [0.3, 0.4) is 0 Å². The van der Waals surface area contributed by atoms with Crippen molar-refractivity contribution in [2.24, 2.45) is 0 Å². The number of benzene rings is 2. The number of nitrogens with zero attached hydrogens (tertiary/aromatic N) is 1. The van der Waals surface area contributed by atoms with Crippen LogP contribution in [-0.2, 0) is 21.9 Å². The van der Waals surface area contributed by atoms with E-state index in [1.807, 2.05) is 13.8 Å². The SMILES string of the molecule is CCNC(=O)[C@@H](CC)N(Cc1ccc(F)cc1)C(=O)CSCc1c(Cl)cccc1Cl. The maximum absolute atomic E-state index is 13.3. The first-order valence-electron chi connectivity index (χ1n) is 9.69. The molecule has 2 rings (SSSR count). The first-order chi connectivity index (χ1) is 14.4. The van der Waals surface area contributed by atoms with Gasteiger partial charge in [-0.15, -0.1) is 11.8 Å². The number of amides is 2. The van der Waals surface area contributed by atoms with Crippen molar-refractivity contribution in [3.63, 3.8) is 0 Å². The van der Waals surface area contributed by atoms with Crippen LogP contribution < -0.4 is 5.32 Å². The summed E-state index contributed by atoms with van der Waals surface area (Å²) >= 11 is 13.8. The zero-order valence-corrected chi connectivity index (χ0v) is 19.3. The fraction of sp³-hybridized carbons (Fsp3) is 0.364. The predicted molar refractivity (Wildman–Crippen MR) is 122 cm³/mol. The molecule has 2 aromatic rings. The largest absolute Gasteiger partial charge is 0.355 e. The smallest absolute Gasteiger partial charge is 0.242 e. The van der Waals surface area contributed by atoms with E-state index >= 15 is 0 Å². The molecule has 0 fully saturated rings. The van der Waals surface area contributed by atoms with Gasteiger partial charge in [0, 0.05) is 28.9 Å².